The number of benzene rings is 1. The van der Waals surface area contributed by atoms with Gasteiger partial charge in [-0.05, 0) is 43.4 Å². The van der Waals surface area contributed by atoms with Crippen molar-refractivity contribution in [2.75, 3.05) is 20.1 Å². The van der Waals surface area contributed by atoms with Crippen LogP contribution in [0.4, 0.5) is 0 Å². The molecule has 1 amide bonds. The summed E-state index contributed by atoms with van der Waals surface area (Å²) in [6, 6.07) is 9.27. The van der Waals surface area contributed by atoms with Crippen molar-refractivity contribution in [2.45, 2.75) is 51.5 Å². The maximum absolute atomic E-state index is 12.2. The standard InChI is InChI=1S/C18H28N2O.ClH/c1-14(2)16-7-4-15(5-8-16)6-9-18(21)20-12-10-17(19-3)11-13-20;/h4-5,7-8,14,17,19H,6,9-13H2,1-3H3;1H. The SMILES string of the molecule is CNC1CCN(C(=O)CCc2ccc(C(C)C)cc2)CC1.Cl. The van der Waals surface area contributed by atoms with E-state index in [0.717, 1.165) is 32.4 Å². The van der Waals surface area contributed by atoms with Gasteiger partial charge < -0.3 is 10.2 Å². The van der Waals surface area contributed by atoms with Crippen molar-refractivity contribution < 1.29 is 4.79 Å². The summed E-state index contributed by atoms with van der Waals surface area (Å²) in [5.74, 6) is 0.867. The van der Waals surface area contributed by atoms with Crippen molar-refractivity contribution in [3.05, 3.63) is 35.4 Å². The van der Waals surface area contributed by atoms with Crippen LogP contribution in [0.25, 0.3) is 0 Å². The van der Waals surface area contributed by atoms with Crippen LogP contribution in [0.2, 0.25) is 0 Å². The van der Waals surface area contributed by atoms with E-state index in [-0.39, 0.29) is 12.4 Å². The predicted octanol–water partition coefficient (Wildman–Crippen LogP) is 3.37. The van der Waals surface area contributed by atoms with E-state index in [2.05, 4.69) is 43.4 Å². The molecule has 124 valence electrons. The minimum absolute atomic E-state index is 0. The second-order valence-corrected chi connectivity index (χ2v) is 6.34. The summed E-state index contributed by atoms with van der Waals surface area (Å²) in [4.78, 5) is 14.3. The third-order valence-electron chi connectivity index (χ3n) is 4.53. The summed E-state index contributed by atoms with van der Waals surface area (Å²) in [6.45, 7) is 6.20. The lowest BCUT2D eigenvalue weighted by Crippen LogP contribution is -2.44. The van der Waals surface area contributed by atoms with Gasteiger partial charge in [0, 0.05) is 25.6 Å². The molecule has 1 saturated heterocycles. The number of carbonyl (C=O) groups excluding carboxylic acids is 1. The van der Waals surface area contributed by atoms with Gasteiger partial charge in [0.2, 0.25) is 5.91 Å². The van der Waals surface area contributed by atoms with Gasteiger partial charge >= 0.3 is 0 Å². The van der Waals surface area contributed by atoms with E-state index >= 15 is 0 Å². The molecule has 1 heterocycles. The van der Waals surface area contributed by atoms with Crippen molar-refractivity contribution >= 4 is 18.3 Å². The lowest BCUT2D eigenvalue weighted by Gasteiger charge is -2.31. The van der Waals surface area contributed by atoms with Gasteiger partial charge in [-0.1, -0.05) is 38.1 Å². The van der Waals surface area contributed by atoms with E-state index in [9.17, 15) is 4.79 Å². The molecule has 3 nitrogen and oxygen atoms in total. The molecule has 0 unspecified atom stereocenters. The molecule has 0 spiro atoms. The summed E-state index contributed by atoms with van der Waals surface area (Å²) in [6.07, 6.45) is 3.63. The molecular formula is C18H29ClN2O. The first-order valence-electron chi connectivity index (χ1n) is 8.14. The van der Waals surface area contributed by atoms with Gasteiger partial charge in [-0.3, -0.25) is 4.79 Å². The Labute approximate surface area is 140 Å². The third-order valence-corrected chi connectivity index (χ3v) is 4.53. The largest absolute Gasteiger partial charge is 0.343 e. The first-order chi connectivity index (χ1) is 10.1. The summed E-state index contributed by atoms with van der Waals surface area (Å²) in [5, 5.41) is 3.30. The number of rotatable bonds is 5. The zero-order valence-electron chi connectivity index (χ0n) is 14.0. The van der Waals surface area contributed by atoms with Crippen LogP contribution in [0, 0.1) is 0 Å². The van der Waals surface area contributed by atoms with Crippen molar-refractivity contribution in [1.82, 2.24) is 10.2 Å². The van der Waals surface area contributed by atoms with E-state index in [1.165, 1.54) is 11.1 Å². The highest BCUT2D eigenvalue weighted by atomic mass is 35.5. The molecule has 1 aromatic carbocycles. The monoisotopic (exact) mass is 324 g/mol. The first-order valence-corrected chi connectivity index (χ1v) is 8.14. The number of hydrogen-bond donors (Lipinski definition) is 1. The molecule has 1 aliphatic heterocycles. The maximum Gasteiger partial charge on any atom is 0.222 e. The van der Waals surface area contributed by atoms with Gasteiger partial charge in [0.1, 0.15) is 0 Å². The Bertz CT molecular complexity index is 451. The van der Waals surface area contributed by atoms with Crippen LogP contribution >= 0.6 is 12.4 Å². The highest BCUT2D eigenvalue weighted by Crippen LogP contribution is 2.16. The van der Waals surface area contributed by atoms with Crippen LogP contribution in [-0.2, 0) is 11.2 Å². The first kappa shape index (κ1) is 19.0. The molecule has 0 radical (unpaired) electrons. The van der Waals surface area contributed by atoms with Crippen LogP contribution < -0.4 is 5.32 Å². The third kappa shape index (κ3) is 5.29. The Morgan fingerprint density at radius 3 is 2.32 bits per heavy atom. The van der Waals surface area contributed by atoms with Crippen molar-refractivity contribution in [3.63, 3.8) is 0 Å². The summed E-state index contributed by atoms with van der Waals surface area (Å²) >= 11 is 0. The van der Waals surface area contributed by atoms with E-state index in [4.69, 9.17) is 0 Å². The Hall–Kier alpha value is -1.06. The molecule has 1 fully saturated rings. The normalized spacial score (nSPS) is 15.7. The van der Waals surface area contributed by atoms with Gasteiger partial charge in [-0.25, -0.2) is 0 Å². The molecule has 0 bridgehead atoms. The lowest BCUT2D eigenvalue weighted by molar-refractivity contribution is -0.132. The molecule has 2 rings (SSSR count). The lowest BCUT2D eigenvalue weighted by atomic mass is 10.00. The summed E-state index contributed by atoms with van der Waals surface area (Å²) in [5.41, 5.74) is 2.62. The van der Waals surface area contributed by atoms with Crippen LogP contribution in [0.15, 0.2) is 24.3 Å². The topological polar surface area (TPSA) is 32.3 Å². The van der Waals surface area contributed by atoms with E-state index in [1.807, 2.05) is 11.9 Å². The summed E-state index contributed by atoms with van der Waals surface area (Å²) < 4.78 is 0. The van der Waals surface area contributed by atoms with Crippen LogP contribution in [-0.4, -0.2) is 37.0 Å². The minimum atomic E-state index is 0. The zero-order chi connectivity index (χ0) is 15.2. The number of halogens is 1. The molecular weight excluding hydrogens is 296 g/mol. The highest BCUT2D eigenvalue weighted by Gasteiger charge is 2.21. The quantitative estimate of drug-likeness (QED) is 0.900. The molecule has 1 N–H and O–H groups in total. The zero-order valence-corrected chi connectivity index (χ0v) is 14.8. The average Bonchev–Trinajstić information content (AvgIpc) is 2.53. The fraction of sp³-hybridized carbons (Fsp3) is 0.611. The molecule has 0 saturated carbocycles. The molecule has 0 atom stereocenters. The minimum Gasteiger partial charge on any atom is -0.343 e. The van der Waals surface area contributed by atoms with Gasteiger partial charge in [-0.15, -0.1) is 12.4 Å². The number of amides is 1. The number of nitrogens with one attached hydrogen (secondary N) is 1. The fourth-order valence-corrected chi connectivity index (χ4v) is 2.90. The van der Waals surface area contributed by atoms with E-state index in [0.29, 0.717) is 24.3 Å². The number of piperidine rings is 1. The molecule has 1 aliphatic rings. The fourth-order valence-electron chi connectivity index (χ4n) is 2.90. The Morgan fingerprint density at radius 1 is 1.23 bits per heavy atom. The van der Waals surface area contributed by atoms with Gasteiger partial charge in [-0.2, -0.15) is 0 Å². The number of carbonyl (C=O) groups is 1. The van der Waals surface area contributed by atoms with E-state index < -0.39 is 0 Å². The molecule has 4 heteroatoms. The molecule has 0 aromatic heterocycles. The van der Waals surface area contributed by atoms with Gasteiger partial charge in [0.15, 0.2) is 0 Å². The number of aryl methyl sites for hydroxylation is 1. The van der Waals surface area contributed by atoms with Crippen LogP contribution in [0.3, 0.4) is 0 Å². The maximum atomic E-state index is 12.2. The van der Waals surface area contributed by atoms with Crippen LogP contribution in [0.5, 0.6) is 0 Å². The predicted molar refractivity (Wildman–Crippen MR) is 94.8 cm³/mol. The van der Waals surface area contributed by atoms with Gasteiger partial charge in [0.05, 0.1) is 0 Å². The van der Waals surface area contributed by atoms with Crippen molar-refractivity contribution in [3.8, 4) is 0 Å². The molecule has 1 aromatic rings. The van der Waals surface area contributed by atoms with Gasteiger partial charge in [0.25, 0.3) is 0 Å². The average molecular weight is 325 g/mol. The molecule has 22 heavy (non-hydrogen) atoms. The Balaban J connectivity index is 0.00000242. The highest BCUT2D eigenvalue weighted by molar-refractivity contribution is 5.85. The Morgan fingerprint density at radius 2 is 1.82 bits per heavy atom. The molecule has 0 aliphatic carbocycles. The second-order valence-electron chi connectivity index (χ2n) is 6.34. The smallest absolute Gasteiger partial charge is 0.222 e. The number of hydrogen-bond acceptors (Lipinski definition) is 2. The Kier molecular flexibility index (Phi) is 7.91. The van der Waals surface area contributed by atoms with E-state index in [1.54, 1.807) is 0 Å². The summed E-state index contributed by atoms with van der Waals surface area (Å²) in [7, 11) is 2.00. The van der Waals surface area contributed by atoms with Crippen LogP contribution in [0.1, 0.15) is 50.2 Å². The number of nitrogens with zero attached hydrogens (tertiary/aromatic N) is 1. The number of likely N-dealkylation sites (tertiary alicyclic amines) is 1. The van der Waals surface area contributed by atoms with Crippen molar-refractivity contribution in [1.29, 1.82) is 0 Å². The second kappa shape index (κ2) is 9.16. The van der Waals surface area contributed by atoms with Crippen molar-refractivity contribution in [2.24, 2.45) is 0 Å².